The molecule has 7 nitrogen and oxygen atoms in total. The fraction of sp³-hybridized carbons (Fsp3) is 0.0625. The number of nitro benzene ring substituents is 1. The molecule has 0 atom stereocenters. The highest BCUT2D eigenvalue weighted by molar-refractivity contribution is 7.71. The molecule has 0 unspecified atom stereocenters. The Hall–Kier alpha value is -3.13. The zero-order chi connectivity index (χ0) is 17.1. The molecule has 24 heavy (non-hydrogen) atoms. The Labute approximate surface area is 142 Å². The maximum absolute atomic E-state index is 10.8. The Morgan fingerprint density at radius 3 is 2.83 bits per heavy atom. The van der Waals surface area contributed by atoms with Gasteiger partial charge in [0.05, 0.1) is 11.1 Å². The molecular weight excluding hydrogens is 326 g/mol. The van der Waals surface area contributed by atoms with Crippen molar-refractivity contribution in [3.63, 3.8) is 0 Å². The van der Waals surface area contributed by atoms with Crippen LogP contribution in [0.4, 0.5) is 5.69 Å². The molecule has 0 aliphatic heterocycles. The molecule has 120 valence electrons. The lowest BCUT2D eigenvalue weighted by Gasteiger charge is -2.04. The predicted octanol–water partition coefficient (Wildman–Crippen LogP) is 3.71. The molecule has 1 N–H and O–H groups in total. The Kier molecular flexibility index (Phi) is 4.30. The van der Waals surface area contributed by atoms with Crippen molar-refractivity contribution in [3.05, 3.63) is 74.5 Å². The Morgan fingerprint density at radius 1 is 1.29 bits per heavy atom. The van der Waals surface area contributed by atoms with Gasteiger partial charge in [0.1, 0.15) is 0 Å². The zero-order valence-electron chi connectivity index (χ0n) is 12.7. The highest BCUT2D eigenvalue weighted by atomic mass is 32.1. The second-order valence-electron chi connectivity index (χ2n) is 5.08. The minimum atomic E-state index is -0.445. The number of nitrogens with one attached hydrogen (secondary N) is 1. The third-order valence-electron chi connectivity index (χ3n) is 3.44. The first-order valence-electron chi connectivity index (χ1n) is 7.08. The molecule has 0 radical (unpaired) electrons. The molecular formula is C16H13N5O2S. The van der Waals surface area contributed by atoms with Gasteiger partial charge in [-0.15, -0.1) is 0 Å². The van der Waals surface area contributed by atoms with Crippen LogP contribution in [0.1, 0.15) is 11.1 Å². The van der Waals surface area contributed by atoms with Gasteiger partial charge in [-0.2, -0.15) is 14.9 Å². The van der Waals surface area contributed by atoms with Crippen molar-refractivity contribution in [2.45, 2.75) is 6.92 Å². The average Bonchev–Trinajstić information content (AvgIpc) is 2.94. The van der Waals surface area contributed by atoms with Crippen LogP contribution in [0, 0.1) is 21.8 Å². The number of H-pyrrole nitrogens is 1. The van der Waals surface area contributed by atoms with Crippen LogP contribution in [0.15, 0.2) is 53.6 Å². The largest absolute Gasteiger partial charge is 0.270 e. The van der Waals surface area contributed by atoms with Gasteiger partial charge in [0, 0.05) is 23.3 Å². The van der Waals surface area contributed by atoms with Gasteiger partial charge < -0.3 is 0 Å². The molecule has 2 aromatic carbocycles. The van der Waals surface area contributed by atoms with Gasteiger partial charge in [0.2, 0.25) is 4.77 Å². The van der Waals surface area contributed by atoms with Gasteiger partial charge in [-0.25, -0.2) is 5.10 Å². The fourth-order valence-electron chi connectivity index (χ4n) is 2.24. The minimum absolute atomic E-state index is 0.00821. The molecule has 0 aliphatic carbocycles. The monoisotopic (exact) mass is 339 g/mol. The lowest BCUT2D eigenvalue weighted by atomic mass is 10.1. The SMILES string of the molecule is Cc1ccccc1-c1n[nH]c(=S)n1/N=C\c1cccc([N+](=O)[O-])c1. The third kappa shape index (κ3) is 3.13. The second-order valence-corrected chi connectivity index (χ2v) is 5.46. The molecule has 1 heterocycles. The van der Waals surface area contributed by atoms with Crippen LogP contribution in [-0.2, 0) is 0 Å². The lowest BCUT2D eigenvalue weighted by molar-refractivity contribution is -0.384. The lowest BCUT2D eigenvalue weighted by Crippen LogP contribution is -1.97. The first kappa shape index (κ1) is 15.8. The summed E-state index contributed by atoms with van der Waals surface area (Å²) in [6.45, 7) is 1.97. The van der Waals surface area contributed by atoms with E-state index in [1.165, 1.54) is 23.0 Å². The van der Waals surface area contributed by atoms with Crippen LogP contribution in [0.25, 0.3) is 11.4 Å². The normalized spacial score (nSPS) is 11.0. The van der Waals surface area contributed by atoms with E-state index in [4.69, 9.17) is 12.2 Å². The first-order valence-corrected chi connectivity index (χ1v) is 7.49. The van der Waals surface area contributed by atoms with Crippen LogP contribution in [0.2, 0.25) is 0 Å². The maximum atomic E-state index is 10.8. The number of hydrogen-bond acceptors (Lipinski definition) is 5. The summed E-state index contributed by atoms with van der Waals surface area (Å²) in [5, 5.41) is 22.1. The molecule has 0 fully saturated rings. The van der Waals surface area contributed by atoms with Crippen LogP contribution in [0.3, 0.4) is 0 Å². The van der Waals surface area contributed by atoms with Crippen molar-refractivity contribution >= 4 is 24.1 Å². The highest BCUT2D eigenvalue weighted by Crippen LogP contribution is 2.21. The van der Waals surface area contributed by atoms with Crippen molar-refractivity contribution in [1.82, 2.24) is 14.9 Å². The molecule has 0 saturated heterocycles. The van der Waals surface area contributed by atoms with Crippen molar-refractivity contribution in [3.8, 4) is 11.4 Å². The first-order chi connectivity index (χ1) is 11.6. The number of nitrogens with zero attached hydrogens (tertiary/aromatic N) is 4. The summed E-state index contributed by atoms with van der Waals surface area (Å²) in [5.41, 5.74) is 2.55. The summed E-state index contributed by atoms with van der Waals surface area (Å²) in [7, 11) is 0. The Morgan fingerprint density at radius 2 is 2.08 bits per heavy atom. The minimum Gasteiger partial charge on any atom is -0.258 e. The van der Waals surface area contributed by atoms with E-state index in [0.717, 1.165) is 11.1 Å². The summed E-state index contributed by atoms with van der Waals surface area (Å²) < 4.78 is 1.84. The van der Waals surface area contributed by atoms with E-state index in [1.807, 2.05) is 31.2 Å². The number of hydrogen-bond donors (Lipinski definition) is 1. The van der Waals surface area contributed by atoms with Crippen molar-refractivity contribution in [2.75, 3.05) is 0 Å². The molecule has 0 saturated carbocycles. The Bertz CT molecular complexity index is 990. The summed E-state index contributed by atoms with van der Waals surface area (Å²) in [5.74, 6) is 0.583. The third-order valence-corrected chi connectivity index (χ3v) is 3.70. The average molecular weight is 339 g/mol. The van der Waals surface area contributed by atoms with E-state index in [1.54, 1.807) is 12.1 Å². The van der Waals surface area contributed by atoms with Crippen molar-refractivity contribution in [1.29, 1.82) is 0 Å². The smallest absolute Gasteiger partial charge is 0.258 e. The predicted molar refractivity (Wildman–Crippen MR) is 93.7 cm³/mol. The van der Waals surface area contributed by atoms with Gasteiger partial charge >= 0.3 is 0 Å². The highest BCUT2D eigenvalue weighted by Gasteiger charge is 2.10. The second kappa shape index (κ2) is 6.55. The standard InChI is InChI=1S/C16H13N5O2S/c1-11-5-2-3-8-14(11)15-18-19-16(24)20(15)17-10-12-6-4-7-13(9-12)21(22)23/h2-10H,1H3,(H,19,24)/b17-10-. The molecule has 0 spiro atoms. The van der Waals surface area contributed by atoms with E-state index in [9.17, 15) is 10.1 Å². The van der Waals surface area contributed by atoms with E-state index in [2.05, 4.69) is 15.3 Å². The summed E-state index contributed by atoms with van der Waals surface area (Å²) in [6, 6.07) is 14.0. The van der Waals surface area contributed by atoms with Crippen LogP contribution >= 0.6 is 12.2 Å². The van der Waals surface area contributed by atoms with E-state index >= 15 is 0 Å². The van der Waals surface area contributed by atoms with Crippen LogP contribution in [-0.4, -0.2) is 26.0 Å². The molecule has 3 rings (SSSR count). The maximum Gasteiger partial charge on any atom is 0.270 e. The number of rotatable bonds is 4. The van der Waals surface area contributed by atoms with E-state index in [0.29, 0.717) is 16.2 Å². The molecule has 0 bridgehead atoms. The van der Waals surface area contributed by atoms with Gasteiger partial charge in [0.25, 0.3) is 5.69 Å². The molecule has 3 aromatic rings. The number of benzene rings is 2. The van der Waals surface area contributed by atoms with Crippen LogP contribution < -0.4 is 0 Å². The Balaban J connectivity index is 2.01. The fourth-order valence-corrected chi connectivity index (χ4v) is 2.42. The van der Waals surface area contributed by atoms with Gasteiger partial charge in [-0.3, -0.25) is 10.1 Å². The summed E-state index contributed by atoms with van der Waals surface area (Å²) in [4.78, 5) is 10.4. The zero-order valence-corrected chi connectivity index (χ0v) is 13.5. The quantitative estimate of drug-likeness (QED) is 0.340. The van der Waals surface area contributed by atoms with Gasteiger partial charge in [-0.1, -0.05) is 36.4 Å². The van der Waals surface area contributed by atoms with E-state index < -0.39 is 4.92 Å². The molecule has 0 aliphatic rings. The molecule has 1 aromatic heterocycles. The number of nitro groups is 1. The van der Waals surface area contributed by atoms with Gasteiger partial charge in [-0.05, 0) is 24.7 Å². The topological polar surface area (TPSA) is 89.1 Å². The summed E-state index contributed by atoms with van der Waals surface area (Å²) >= 11 is 5.22. The number of aromatic amines is 1. The number of non-ortho nitro benzene ring substituents is 1. The van der Waals surface area contributed by atoms with Gasteiger partial charge in [0.15, 0.2) is 5.82 Å². The molecule has 0 amide bonds. The number of aryl methyl sites for hydroxylation is 1. The van der Waals surface area contributed by atoms with Crippen molar-refractivity contribution < 1.29 is 4.92 Å². The van der Waals surface area contributed by atoms with E-state index in [-0.39, 0.29) is 5.69 Å². The van der Waals surface area contributed by atoms with Crippen molar-refractivity contribution in [2.24, 2.45) is 5.10 Å². The number of aromatic nitrogens is 3. The summed E-state index contributed by atoms with van der Waals surface area (Å²) in [6.07, 6.45) is 1.51. The van der Waals surface area contributed by atoms with Crippen LogP contribution in [0.5, 0.6) is 0 Å². The molecule has 8 heteroatoms.